The fourth-order valence-corrected chi connectivity index (χ4v) is 5.11. The highest BCUT2D eigenvalue weighted by Crippen LogP contribution is 2.35. The van der Waals surface area contributed by atoms with Gasteiger partial charge in [-0.25, -0.2) is 8.42 Å². The van der Waals surface area contributed by atoms with E-state index in [1.54, 1.807) is 0 Å². The quantitative estimate of drug-likeness (QED) is 0.811. The van der Waals surface area contributed by atoms with Crippen LogP contribution in [0.4, 0.5) is 18.9 Å². The Morgan fingerprint density at radius 3 is 2.61 bits per heavy atom. The summed E-state index contributed by atoms with van der Waals surface area (Å²) in [5.41, 5.74) is 1.66. The van der Waals surface area contributed by atoms with Crippen LogP contribution in [0.5, 0.6) is 0 Å². The maximum absolute atomic E-state index is 13.0. The van der Waals surface area contributed by atoms with E-state index in [4.69, 9.17) is 0 Å². The van der Waals surface area contributed by atoms with Gasteiger partial charge in [0.15, 0.2) is 0 Å². The standard InChI is InChI=1S/C19H20F3N3O2S/c20-19(21,22)14-4-2-5-16(9-14)28(26,27)25-11-13-3-1-6-18(17(13)12-25)24-15-7-8-23-10-15/h1-6,9,15,23-24H,7-8,10-12H2. The largest absolute Gasteiger partial charge is 0.416 e. The smallest absolute Gasteiger partial charge is 0.381 e. The molecular formula is C19H20F3N3O2S. The van der Waals surface area contributed by atoms with Crippen LogP contribution in [0.3, 0.4) is 0 Å². The topological polar surface area (TPSA) is 61.4 Å². The Bertz CT molecular complexity index is 986. The first-order chi connectivity index (χ1) is 13.2. The molecule has 5 nitrogen and oxygen atoms in total. The van der Waals surface area contributed by atoms with E-state index in [1.807, 2.05) is 18.2 Å². The van der Waals surface area contributed by atoms with Gasteiger partial charge < -0.3 is 10.6 Å². The number of rotatable bonds is 4. The van der Waals surface area contributed by atoms with Gasteiger partial charge in [0.2, 0.25) is 10.0 Å². The Labute approximate surface area is 161 Å². The highest BCUT2D eigenvalue weighted by molar-refractivity contribution is 7.89. The number of fused-ring (bicyclic) bond motifs is 1. The molecule has 1 saturated heterocycles. The van der Waals surface area contributed by atoms with Gasteiger partial charge in [0, 0.05) is 31.4 Å². The van der Waals surface area contributed by atoms with Crippen LogP contribution in [-0.2, 0) is 29.3 Å². The van der Waals surface area contributed by atoms with Crippen LogP contribution in [0.1, 0.15) is 23.1 Å². The van der Waals surface area contributed by atoms with E-state index in [9.17, 15) is 21.6 Å². The molecule has 2 aromatic carbocycles. The molecule has 2 N–H and O–H groups in total. The zero-order chi connectivity index (χ0) is 19.9. The van der Waals surface area contributed by atoms with Gasteiger partial charge in [-0.3, -0.25) is 0 Å². The van der Waals surface area contributed by atoms with E-state index in [1.165, 1.54) is 10.4 Å². The minimum atomic E-state index is -4.59. The zero-order valence-corrected chi connectivity index (χ0v) is 15.8. The molecule has 9 heteroatoms. The molecule has 2 aliphatic rings. The van der Waals surface area contributed by atoms with Gasteiger partial charge in [-0.05, 0) is 48.4 Å². The third-order valence-corrected chi connectivity index (χ3v) is 6.96. The number of nitrogens with one attached hydrogen (secondary N) is 2. The van der Waals surface area contributed by atoms with Gasteiger partial charge in [-0.15, -0.1) is 0 Å². The maximum atomic E-state index is 13.0. The molecule has 28 heavy (non-hydrogen) atoms. The summed E-state index contributed by atoms with van der Waals surface area (Å²) in [4.78, 5) is -0.343. The molecule has 2 aromatic rings. The van der Waals surface area contributed by atoms with Crippen molar-refractivity contribution < 1.29 is 21.6 Å². The summed E-state index contributed by atoms with van der Waals surface area (Å²) in [7, 11) is -4.04. The normalized spacial score (nSPS) is 20.3. The zero-order valence-electron chi connectivity index (χ0n) is 15.0. The first kappa shape index (κ1) is 19.2. The number of hydrogen-bond donors (Lipinski definition) is 2. The lowest BCUT2D eigenvalue weighted by atomic mass is 10.1. The van der Waals surface area contributed by atoms with E-state index in [0.29, 0.717) is 6.07 Å². The summed E-state index contributed by atoms with van der Waals surface area (Å²) >= 11 is 0. The summed E-state index contributed by atoms with van der Waals surface area (Å²) < 4.78 is 66.1. The van der Waals surface area contributed by atoms with Gasteiger partial charge >= 0.3 is 6.18 Å². The predicted molar refractivity (Wildman–Crippen MR) is 99.2 cm³/mol. The van der Waals surface area contributed by atoms with Crippen LogP contribution >= 0.6 is 0 Å². The SMILES string of the molecule is O=S(=O)(c1cccc(C(F)(F)F)c1)N1Cc2cccc(NC3CCNC3)c2C1. The molecule has 150 valence electrons. The highest BCUT2D eigenvalue weighted by atomic mass is 32.2. The fraction of sp³-hybridized carbons (Fsp3) is 0.368. The average molecular weight is 411 g/mol. The van der Waals surface area contributed by atoms with Gasteiger partial charge in [0.05, 0.1) is 10.5 Å². The van der Waals surface area contributed by atoms with Crippen molar-refractivity contribution >= 4 is 15.7 Å². The second-order valence-electron chi connectivity index (χ2n) is 7.08. The molecular weight excluding hydrogens is 391 g/mol. The third kappa shape index (κ3) is 3.61. The number of nitrogens with zero attached hydrogens (tertiary/aromatic N) is 1. The monoisotopic (exact) mass is 411 g/mol. The van der Waals surface area contributed by atoms with Crippen molar-refractivity contribution in [3.8, 4) is 0 Å². The lowest BCUT2D eigenvalue weighted by Crippen LogP contribution is -2.26. The third-order valence-electron chi connectivity index (χ3n) is 5.17. The van der Waals surface area contributed by atoms with Crippen molar-refractivity contribution in [3.63, 3.8) is 0 Å². The molecule has 1 atom stereocenters. The van der Waals surface area contributed by atoms with E-state index >= 15 is 0 Å². The van der Waals surface area contributed by atoms with Gasteiger partial charge in [-0.1, -0.05) is 18.2 Å². The van der Waals surface area contributed by atoms with E-state index < -0.39 is 21.8 Å². The Morgan fingerprint density at radius 1 is 1.11 bits per heavy atom. The lowest BCUT2D eigenvalue weighted by molar-refractivity contribution is -0.137. The molecule has 0 amide bonds. The second kappa shape index (κ2) is 7.06. The van der Waals surface area contributed by atoms with Crippen molar-refractivity contribution in [2.75, 3.05) is 18.4 Å². The van der Waals surface area contributed by atoms with E-state index in [-0.39, 0.29) is 24.0 Å². The molecule has 0 aliphatic carbocycles. The number of halogens is 3. The molecule has 2 aliphatic heterocycles. The number of sulfonamides is 1. The summed E-state index contributed by atoms with van der Waals surface area (Å²) in [6.45, 7) is 2.06. The van der Waals surface area contributed by atoms with Crippen molar-refractivity contribution in [1.82, 2.24) is 9.62 Å². The average Bonchev–Trinajstić information content (AvgIpc) is 3.31. The van der Waals surface area contributed by atoms with Crippen LogP contribution in [0.2, 0.25) is 0 Å². The molecule has 0 aromatic heterocycles. The number of hydrogen-bond acceptors (Lipinski definition) is 4. The molecule has 0 saturated carbocycles. The summed E-state index contributed by atoms with van der Waals surface area (Å²) in [6.07, 6.45) is -3.61. The molecule has 1 unspecified atom stereocenters. The Hall–Kier alpha value is -2.10. The first-order valence-electron chi connectivity index (χ1n) is 9.00. The van der Waals surface area contributed by atoms with Crippen LogP contribution in [0, 0.1) is 0 Å². The lowest BCUT2D eigenvalue weighted by Gasteiger charge is -2.18. The molecule has 4 rings (SSSR count). The minimum Gasteiger partial charge on any atom is -0.381 e. The summed E-state index contributed by atoms with van der Waals surface area (Å²) in [5, 5.41) is 6.72. The van der Waals surface area contributed by atoms with Gasteiger partial charge in [-0.2, -0.15) is 17.5 Å². The first-order valence-corrected chi connectivity index (χ1v) is 10.4. The minimum absolute atomic E-state index is 0.136. The second-order valence-corrected chi connectivity index (χ2v) is 9.01. The Balaban J connectivity index is 1.60. The maximum Gasteiger partial charge on any atom is 0.416 e. The molecule has 0 bridgehead atoms. The van der Waals surface area contributed by atoms with Gasteiger partial charge in [0.1, 0.15) is 0 Å². The summed E-state index contributed by atoms with van der Waals surface area (Å²) in [6, 6.07) is 9.81. The van der Waals surface area contributed by atoms with Crippen molar-refractivity contribution in [3.05, 3.63) is 59.2 Å². The van der Waals surface area contributed by atoms with Crippen molar-refractivity contribution in [1.29, 1.82) is 0 Å². The number of benzene rings is 2. The summed E-state index contributed by atoms with van der Waals surface area (Å²) in [5.74, 6) is 0. The van der Waals surface area contributed by atoms with Crippen LogP contribution in [0.15, 0.2) is 47.4 Å². The Kier molecular flexibility index (Phi) is 4.84. The highest BCUT2D eigenvalue weighted by Gasteiger charge is 2.35. The molecule has 1 fully saturated rings. The van der Waals surface area contributed by atoms with E-state index in [2.05, 4.69) is 10.6 Å². The predicted octanol–water partition coefficient (Wildman–Crippen LogP) is 3.18. The molecule has 0 spiro atoms. The number of anilines is 1. The van der Waals surface area contributed by atoms with Crippen LogP contribution in [-0.4, -0.2) is 31.9 Å². The number of alkyl halides is 3. The molecule has 2 heterocycles. The van der Waals surface area contributed by atoms with Crippen LogP contribution < -0.4 is 10.6 Å². The Morgan fingerprint density at radius 2 is 1.89 bits per heavy atom. The van der Waals surface area contributed by atoms with Crippen molar-refractivity contribution in [2.45, 2.75) is 36.6 Å². The van der Waals surface area contributed by atoms with Crippen LogP contribution in [0.25, 0.3) is 0 Å². The fourth-order valence-electron chi connectivity index (χ4n) is 3.68. The molecule has 0 radical (unpaired) electrons. The van der Waals surface area contributed by atoms with E-state index in [0.717, 1.165) is 48.5 Å². The van der Waals surface area contributed by atoms with Gasteiger partial charge in [0.25, 0.3) is 0 Å². The van der Waals surface area contributed by atoms with Crippen molar-refractivity contribution in [2.24, 2.45) is 0 Å².